The Morgan fingerprint density at radius 3 is 2.37 bits per heavy atom. The van der Waals surface area contributed by atoms with Crippen LogP contribution in [0.3, 0.4) is 0 Å². The molecule has 2 unspecified atom stereocenters. The minimum atomic E-state index is 0.344. The topological polar surface area (TPSA) is 29.3 Å². The van der Waals surface area contributed by atoms with Crippen LogP contribution in [0.25, 0.3) is 0 Å². The van der Waals surface area contributed by atoms with E-state index in [0.29, 0.717) is 11.5 Å². The summed E-state index contributed by atoms with van der Waals surface area (Å²) < 4.78 is 0. The summed E-state index contributed by atoms with van der Waals surface area (Å²) in [5.41, 5.74) is 9.76. The lowest BCUT2D eigenvalue weighted by Crippen LogP contribution is -2.45. The standard InChI is InChI=1S/C17H26N2/c1-17(10-4-7-16(17)18)13-19-11-8-14-5-2-3-6-15(14)9-12-19/h2-3,5-6,16H,4,7-13,18H2,1H3. The molecule has 2 heteroatoms. The maximum Gasteiger partial charge on any atom is 0.0105 e. The molecule has 2 N–H and O–H groups in total. The molecule has 3 rings (SSSR count). The van der Waals surface area contributed by atoms with Crippen LogP contribution in [0.15, 0.2) is 24.3 Å². The molecule has 1 aromatic carbocycles. The van der Waals surface area contributed by atoms with Gasteiger partial charge < -0.3 is 10.6 Å². The van der Waals surface area contributed by atoms with E-state index in [1.807, 2.05) is 0 Å². The van der Waals surface area contributed by atoms with E-state index < -0.39 is 0 Å². The van der Waals surface area contributed by atoms with E-state index in [0.717, 1.165) is 0 Å². The molecule has 0 saturated heterocycles. The lowest BCUT2D eigenvalue weighted by molar-refractivity contribution is 0.157. The Morgan fingerprint density at radius 1 is 1.21 bits per heavy atom. The van der Waals surface area contributed by atoms with Crippen LogP contribution in [0.1, 0.15) is 37.3 Å². The Kier molecular flexibility index (Phi) is 3.64. The summed E-state index contributed by atoms with van der Waals surface area (Å²) in [7, 11) is 0. The van der Waals surface area contributed by atoms with Crippen molar-refractivity contribution in [3.8, 4) is 0 Å². The van der Waals surface area contributed by atoms with E-state index in [1.54, 1.807) is 11.1 Å². The fourth-order valence-corrected chi connectivity index (χ4v) is 3.84. The number of nitrogens with zero attached hydrogens (tertiary/aromatic N) is 1. The van der Waals surface area contributed by atoms with Crippen LogP contribution in [0, 0.1) is 5.41 Å². The SMILES string of the molecule is CC1(CN2CCc3ccccc3CC2)CCCC1N. The van der Waals surface area contributed by atoms with E-state index in [4.69, 9.17) is 5.73 Å². The number of hydrogen-bond donors (Lipinski definition) is 1. The van der Waals surface area contributed by atoms with Gasteiger partial charge in [-0.15, -0.1) is 0 Å². The fraction of sp³-hybridized carbons (Fsp3) is 0.647. The summed E-state index contributed by atoms with van der Waals surface area (Å²) in [6, 6.07) is 9.33. The first-order valence-electron chi connectivity index (χ1n) is 7.72. The highest BCUT2D eigenvalue weighted by molar-refractivity contribution is 5.28. The van der Waals surface area contributed by atoms with Crippen molar-refractivity contribution in [2.75, 3.05) is 19.6 Å². The van der Waals surface area contributed by atoms with Crippen molar-refractivity contribution < 1.29 is 0 Å². The molecule has 0 amide bonds. The average Bonchev–Trinajstić information content (AvgIpc) is 2.63. The molecule has 1 saturated carbocycles. The van der Waals surface area contributed by atoms with Gasteiger partial charge in [0.25, 0.3) is 0 Å². The first-order chi connectivity index (χ1) is 9.17. The quantitative estimate of drug-likeness (QED) is 0.883. The molecular formula is C17H26N2. The van der Waals surface area contributed by atoms with Gasteiger partial charge in [0.15, 0.2) is 0 Å². The molecule has 1 fully saturated rings. The summed E-state index contributed by atoms with van der Waals surface area (Å²) in [5, 5.41) is 0. The summed E-state index contributed by atoms with van der Waals surface area (Å²) in [6.07, 6.45) is 6.22. The van der Waals surface area contributed by atoms with Crippen LogP contribution in [-0.4, -0.2) is 30.6 Å². The molecule has 0 radical (unpaired) electrons. The van der Waals surface area contributed by atoms with E-state index in [2.05, 4.69) is 36.1 Å². The minimum absolute atomic E-state index is 0.344. The van der Waals surface area contributed by atoms with Crippen LogP contribution in [0.2, 0.25) is 0 Å². The Morgan fingerprint density at radius 2 is 1.84 bits per heavy atom. The summed E-state index contributed by atoms with van der Waals surface area (Å²) in [5.74, 6) is 0. The monoisotopic (exact) mass is 258 g/mol. The summed E-state index contributed by atoms with van der Waals surface area (Å²) >= 11 is 0. The lowest BCUT2D eigenvalue weighted by Gasteiger charge is -2.35. The number of nitrogens with two attached hydrogens (primary N) is 1. The fourth-order valence-electron chi connectivity index (χ4n) is 3.84. The Balaban J connectivity index is 1.66. The van der Waals surface area contributed by atoms with Gasteiger partial charge in [0.05, 0.1) is 0 Å². The molecule has 104 valence electrons. The van der Waals surface area contributed by atoms with Gasteiger partial charge in [-0.3, -0.25) is 0 Å². The normalized spacial score (nSPS) is 32.0. The van der Waals surface area contributed by atoms with Gasteiger partial charge in [-0.25, -0.2) is 0 Å². The first-order valence-corrected chi connectivity index (χ1v) is 7.72. The first kappa shape index (κ1) is 13.1. The lowest BCUT2D eigenvalue weighted by atomic mass is 9.84. The van der Waals surface area contributed by atoms with Crippen LogP contribution in [0.4, 0.5) is 0 Å². The Bertz CT molecular complexity index is 416. The molecule has 0 bridgehead atoms. The van der Waals surface area contributed by atoms with E-state index in [-0.39, 0.29) is 0 Å². The number of hydrogen-bond acceptors (Lipinski definition) is 2. The van der Waals surface area contributed by atoms with Gasteiger partial charge in [-0.2, -0.15) is 0 Å². The van der Waals surface area contributed by atoms with Crippen molar-refractivity contribution in [2.45, 2.75) is 45.1 Å². The zero-order chi connectivity index (χ0) is 13.3. The van der Waals surface area contributed by atoms with Crippen molar-refractivity contribution in [3.05, 3.63) is 35.4 Å². The molecule has 1 aromatic rings. The van der Waals surface area contributed by atoms with Gasteiger partial charge in [0.1, 0.15) is 0 Å². The number of benzene rings is 1. The maximum atomic E-state index is 6.33. The highest BCUT2D eigenvalue weighted by Gasteiger charge is 2.37. The van der Waals surface area contributed by atoms with Crippen molar-refractivity contribution in [3.63, 3.8) is 0 Å². The maximum absolute atomic E-state index is 6.33. The average molecular weight is 258 g/mol. The molecule has 0 spiro atoms. The van der Waals surface area contributed by atoms with Crippen molar-refractivity contribution in [1.29, 1.82) is 0 Å². The van der Waals surface area contributed by atoms with Crippen molar-refractivity contribution in [2.24, 2.45) is 11.1 Å². The van der Waals surface area contributed by atoms with E-state index in [9.17, 15) is 0 Å². The molecule has 2 nitrogen and oxygen atoms in total. The summed E-state index contributed by atoms with van der Waals surface area (Å²) in [4.78, 5) is 2.64. The number of fused-ring (bicyclic) bond motifs is 1. The molecule has 1 heterocycles. The van der Waals surface area contributed by atoms with Crippen molar-refractivity contribution >= 4 is 0 Å². The third-order valence-electron chi connectivity index (χ3n) is 5.26. The third-order valence-corrected chi connectivity index (χ3v) is 5.26. The second-order valence-electron chi connectivity index (χ2n) is 6.70. The Labute approximate surface area is 117 Å². The van der Waals surface area contributed by atoms with E-state index >= 15 is 0 Å². The van der Waals surface area contributed by atoms with Gasteiger partial charge in [-0.05, 0) is 42.2 Å². The minimum Gasteiger partial charge on any atom is -0.327 e. The Hall–Kier alpha value is -0.860. The summed E-state index contributed by atoms with van der Waals surface area (Å²) in [6.45, 7) is 5.96. The zero-order valence-corrected chi connectivity index (χ0v) is 12.1. The molecule has 1 aliphatic carbocycles. The largest absolute Gasteiger partial charge is 0.327 e. The molecular weight excluding hydrogens is 232 g/mol. The van der Waals surface area contributed by atoms with E-state index in [1.165, 1.54) is 51.7 Å². The smallest absolute Gasteiger partial charge is 0.0105 e. The van der Waals surface area contributed by atoms with Crippen molar-refractivity contribution in [1.82, 2.24) is 4.90 Å². The van der Waals surface area contributed by atoms with Crippen LogP contribution < -0.4 is 5.73 Å². The van der Waals surface area contributed by atoms with Gasteiger partial charge >= 0.3 is 0 Å². The second kappa shape index (κ2) is 5.26. The second-order valence-corrected chi connectivity index (χ2v) is 6.70. The number of rotatable bonds is 2. The highest BCUT2D eigenvalue weighted by atomic mass is 15.1. The predicted octanol–water partition coefficient (Wildman–Crippen LogP) is 2.60. The zero-order valence-electron chi connectivity index (χ0n) is 12.1. The van der Waals surface area contributed by atoms with Crippen LogP contribution in [-0.2, 0) is 12.8 Å². The van der Waals surface area contributed by atoms with Gasteiger partial charge in [-0.1, -0.05) is 37.6 Å². The highest BCUT2D eigenvalue weighted by Crippen LogP contribution is 2.37. The molecule has 0 aromatic heterocycles. The predicted molar refractivity (Wildman–Crippen MR) is 80.2 cm³/mol. The van der Waals surface area contributed by atoms with Crippen LogP contribution >= 0.6 is 0 Å². The van der Waals surface area contributed by atoms with Gasteiger partial charge in [0, 0.05) is 25.7 Å². The molecule has 19 heavy (non-hydrogen) atoms. The third kappa shape index (κ3) is 2.70. The molecule has 1 aliphatic heterocycles. The molecule has 2 aliphatic rings. The molecule has 2 atom stereocenters. The van der Waals surface area contributed by atoms with Crippen LogP contribution in [0.5, 0.6) is 0 Å². The van der Waals surface area contributed by atoms with Gasteiger partial charge in [0.2, 0.25) is 0 Å².